The Kier molecular flexibility index (Phi) is 5.32. The van der Waals surface area contributed by atoms with Gasteiger partial charge in [0.25, 0.3) is 11.5 Å². The lowest BCUT2D eigenvalue weighted by molar-refractivity contribution is -0.120. The van der Waals surface area contributed by atoms with Crippen LogP contribution in [0.25, 0.3) is 6.08 Å². The van der Waals surface area contributed by atoms with E-state index in [-0.39, 0.29) is 18.0 Å². The van der Waals surface area contributed by atoms with Gasteiger partial charge in [-0.15, -0.1) is 6.58 Å². The van der Waals surface area contributed by atoms with Crippen LogP contribution in [0.4, 0.5) is 10.1 Å². The largest absolute Gasteiger partial charge is 0.329 e. The lowest BCUT2D eigenvalue weighted by Crippen LogP contribution is -2.61. The molecule has 1 saturated heterocycles. The van der Waals surface area contributed by atoms with Crippen LogP contribution in [-0.4, -0.2) is 21.4 Å². The number of fused-ring (bicyclic) bond motifs is 2. The van der Waals surface area contributed by atoms with E-state index in [0.29, 0.717) is 22.4 Å². The van der Waals surface area contributed by atoms with Crippen molar-refractivity contribution in [3.05, 3.63) is 95.2 Å². The summed E-state index contributed by atoms with van der Waals surface area (Å²) in [7, 11) is 0. The standard InChI is InChI=1S/C27H30FN3O2/c1-7-19-16-21(28)11-12-22(19)31-24(33)18(3)27(8-2)14-13-26(6,25(27,4)5)30(31)17-20-10-9-15-29-23(20)32/h7-12,15-16H,1-3,13-14,17H2,4-6H3,(H,29,32)/t26-,27?/m0/s1. The normalized spacial score (nSPS) is 26.8. The summed E-state index contributed by atoms with van der Waals surface area (Å²) in [6.45, 7) is 18.7. The molecular formula is C27H30FN3O2. The Bertz CT molecular complexity index is 1230. The Morgan fingerprint density at radius 3 is 2.52 bits per heavy atom. The number of hydrazine groups is 1. The van der Waals surface area contributed by atoms with Crippen LogP contribution >= 0.6 is 0 Å². The lowest BCUT2D eigenvalue weighted by atomic mass is 9.59. The van der Waals surface area contributed by atoms with E-state index < -0.39 is 22.2 Å². The second-order valence-corrected chi connectivity index (χ2v) is 9.66. The second kappa shape index (κ2) is 7.66. The van der Waals surface area contributed by atoms with Crippen molar-refractivity contribution >= 4 is 17.7 Å². The van der Waals surface area contributed by atoms with Crippen molar-refractivity contribution in [1.29, 1.82) is 0 Å². The van der Waals surface area contributed by atoms with E-state index in [1.165, 1.54) is 18.2 Å². The zero-order valence-electron chi connectivity index (χ0n) is 19.5. The maximum Gasteiger partial charge on any atom is 0.269 e. The van der Waals surface area contributed by atoms with Gasteiger partial charge in [0.2, 0.25) is 0 Å². The second-order valence-electron chi connectivity index (χ2n) is 9.66. The van der Waals surface area contributed by atoms with Crippen LogP contribution in [0.3, 0.4) is 0 Å². The molecule has 2 heterocycles. The topological polar surface area (TPSA) is 56.4 Å². The number of pyridine rings is 1. The van der Waals surface area contributed by atoms with Crippen molar-refractivity contribution in [3.63, 3.8) is 0 Å². The molecule has 1 aromatic heterocycles. The first kappa shape index (κ1) is 22.9. The van der Waals surface area contributed by atoms with Gasteiger partial charge in [0, 0.05) is 40.4 Å². The molecule has 1 unspecified atom stereocenters. The summed E-state index contributed by atoms with van der Waals surface area (Å²) in [5, 5.41) is 3.53. The maximum absolute atomic E-state index is 14.1. The Balaban J connectivity index is 2.03. The summed E-state index contributed by atoms with van der Waals surface area (Å²) >= 11 is 0. The molecule has 2 aliphatic rings. The summed E-state index contributed by atoms with van der Waals surface area (Å²) in [6.07, 6.45) is 6.44. The van der Waals surface area contributed by atoms with E-state index in [9.17, 15) is 14.0 Å². The molecule has 1 amide bonds. The average Bonchev–Trinajstić information content (AvgIpc) is 2.99. The van der Waals surface area contributed by atoms with Crippen molar-refractivity contribution in [3.8, 4) is 0 Å². The van der Waals surface area contributed by atoms with Crippen LogP contribution in [-0.2, 0) is 11.3 Å². The monoisotopic (exact) mass is 447 g/mol. The first-order chi connectivity index (χ1) is 15.5. The number of anilines is 1. The molecule has 0 radical (unpaired) electrons. The third kappa shape index (κ3) is 3.00. The number of aromatic nitrogens is 1. The number of aromatic amines is 1. The number of benzene rings is 1. The van der Waals surface area contributed by atoms with Gasteiger partial charge in [-0.2, -0.15) is 0 Å². The van der Waals surface area contributed by atoms with E-state index in [2.05, 4.69) is 45.5 Å². The molecule has 1 aromatic carbocycles. The van der Waals surface area contributed by atoms with Crippen LogP contribution in [0.5, 0.6) is 0 Å². The molecule has 1 aliphatic heterocycles. The number of hydrogen-bond donors (Lipinski definition) is 1. The van der Waals surface area contributed by atoms with Crippen molar-refractivity contribution < 1.29 is 9.18 Å². The predicted molar refractivity (Wildman–Crippen MR) is 130 cm³/mol. The molecular weight excluding hydrogens is 417 g/mol. The van der Waals surface area contributed by atoms with Gasteiger partial charge in [0.05, 0.1) is 5.69 Å². The third-order valence-corrected chi connectivity index (χ3v) is 8.27. The zero-order chi connectivity index (χ0) is 24.2. The van der Waals surface area contributed by atoms with E-state index in [1.54, 1.807) is 29.4 Å². The number of allylic oxidation sites excluding steroid dienone is 1. The molecule has 2 atom stereocenters. The highest BCUT2D eigenvalue weighted by molar-refractivity contribution is 6.07. The number of carbonyl (C=O) groups is 1. The van der Waals surface area contributed by atoms with Gasteiger partial charge in [0.1, 0.15) is 5.82 Å². The molecule has 33 heavy (non-hydrogen) atoms. The Morgan fingerprint density at radius 2 is 1.88 bits per heavy atom. The van der Waals surface area contributed by atoms with Crippen molar-refractivity contribution in [2.75, 3.05) is 5.01 Å². The number of nitrogens with one attached hydrogen (secondary N) is 1. The quantitative estimate of drug-likeness (QED) is 0.505. The smallest absolute Gasteiger partial charge is 0.269 e. The molecule has 0 spiro atoms. The number of halogens is 1. The summed E-state index contributed by atoms with van der Waals surface area (Å²) < 4.78 is 14.1. The minimum atomic E-state index is -0.622. The molecule has 1 N–H and O–H groups in total. The Labute approximate surface area is 193 Å². The minimum Gasteiger partial charge on any atom is -0.329 e. The molecule has 2 fully saturated rings. The van der Waals surface area contributed by atoms with Crippen LogP contribution in [0, 0.1) is 16.6 Å². The van der Waals surface area contributed by atoms with Crippen LogP contribution in [0.1, 0.15) is 44.7 Å². The molecule has 6 heteroatoms. The van der Waals surface area contributed by atoms with Gasteiger partial charge in [-0.3, -0.25) is 9.59 Å². The Morgan fingerprint density at radius 1 is 1.15 bits per heavy atom. The number of rotatable bonds is 5. The number of hydrogen-bond acceptors (Lipinski definition) is 3. The van der Waals surface area contributed by atoms with Gasteiger partial charge in [-0.1, -0.05) is 45.2 Å². The fourth-order valence-electron chi connectivity index (χ4n) is 5.76. The van der Waals surface area contributed by atoms with Gasteiger partial charge in [-0.25, -0.2) is 14.4 Å². The van der Waals surface area contributed by atoms with Gasteiger partial charge in [0.15, 0.2) is 0 Å². The van der Waals surface area contributed by atoms with Crippen LogP contribution < -0.4 is 10.6 Å². The van der Waals surface area contributed by atoms with E-state index in [1.807, 2.05) is 11.1 Å². The van der Waals surface area contributed by atoms with Gasteiger partial charge >= 0.3 is 0 Å². The van der Waals surface area contributed by atoms with Crippen molar-refractivity contribution in [1.82, 2.24) is 9.99 Å². The highest BCUT2D eigenvalue weighted by atomic mass is 19.1. The number of amides is 1. The van der Waals surface area contributed by atoms with E-state index in [0.717, 1.165) is 12.8 Å². The highest BCUT2D eigenvalue weighted by Crippen LogP contribution is 2.66. The molecule has 2 aromatic rings. The maximum atomic E-state index is 14.1. The van der Waals surface area contributed by atoms with Crippen LogP contribution in [0.2, 0.25) is 0 Å². The average molecular weight is 448 g/mol. The lowest BCUT2D eigenvalue weighted by Gasteiger charge is -2.52. The molecule has 1 saturated carbocycles. The van der Waals surface area contributed by atoms with Crippen LogP contribution in [0.15, 0.2) is 72.7 Å². The summed E-state index contributed by atoms with van der Waals surface area (Å²) in [6, 6.07) is 7.78. The van der Waals surface area contributed by atoms with Gasteiger partial charge < -0.3 is 4.98 Å². The highest BCUT2D eigenvalue weighted by Gasteiger charge is 2.67. The first-order valence-corrected chi connectivity index (χ1v) is 11.1. The SMILES string of the molecule is C=Cc1cc(F)ccc1N1C(=O)C(=C)C2(C=C)CC[C@](C)(N1Cc1ccc[nH]c1=O)C2(C)C. The summed E-state index contributed by atoms with van der Waals surface area (Å²) in [5.74, 6) is -0.718. The number of H-pyrrole nitrogens is 1. The fourth-order valence-corrected chi connectivity index (χ4v) is 5.76. The van der Waals surface area contributed by atoms with E-state index in [4.69, 9.17) is 0 Å². The molecule has 1 aliphatic carbocycles. The number of nitrogens with zero attached hydrogens (tertiary/aromatic N) is 2. The predicted octanol–water partition coefficient (Wildman–Crippen LogP) is 5.23. The molecule has 2 bridgehead atoms. The number of carbonyl (C=O) groups excluding carboxylic acids is 1. The summed E-state index contributed by atoms with van der Waals surface area (Å²) in [5.41, 5.74) is 0.107. The molecule has 5 nitrogen and oxygen atoms in total. The zero-order valence-corrected chi connectivity index (χ0v) is 19.5. The van der Waals surface area contributed by atoms with Crippen molar-refractivity contribution in [2.45, 2.75) is 45.7 Å². The minimum absolute atomic E-state index is 0.191. The van der Waals surface area contributed by atoms with Crippen molar-refractivity contribution in [2.24, 2.45) is 10.8 Å². The fraction of sp³-hybridized carbons (Fsp3) is 0.333. The molecule has 4 rings (SSSR count). The first-order valence-electron chi connectivity index (χ1n) is 11.1. The molecule has 172 valence electrons. The van der Waals surface area contributed by atoms with E-state index >= 15 is 0 Å². The Hall–Kier alpha value is -3.25. The summed E-state index contributed by atoms with van der Waals surface area (Å²) in [4.78, 5) is 29.5. The van der Waals surface area contributed by atoms with Gasteiger partial charge in [-0.05, 0) is 49.4 Å². The third-order valence-electron chi connectivity index (χ3n) is 8.27.